The van der Waals surface area contributed by atoms with Gasteiger partial charge in [-0.05, 0) is 22.6 Å². The molecule has 0 unspecified atom stereocenters. The van der Waals surface area contributed by atoms with Crippen LogP contribution in [0.15, 0.2) is 54.6 Å². The SMILES string of the molecule is CC1(C)[C@@H](NC(=O)Nc2ccccc2CS(C)(=O)=O)[C@@H]1c1ccccc1. The van der Waals surface area contributed by atoms with E-state index in [1.165, 1.54) is 11.8 Å². The summed E-state index contributed by atoms with van der Waals surface area (Å²) in [4.78, 5) is 12.5. The van der Waals surface area contributed by atoms with Crippen molar-refractivity contribution < 1.29 is 13.2 Å². The molecule has 2 N–H and O–H groups in total. The first kappa shape index (κ1) is 18.5. The van der Waals surface area contributed by atoms with Gasteiger partial charge in [0.05, 0.1) is 5.75 Å². The van der Waals surface area contributed by atoms with Gasteiger partial charge in [-0.3, -0.25) is 0 Å². The van der Waals surface area contributed by atoms with Crippen molar-refractivity contribution in [1.29, 1.82) is 0 Å². The van der Waals surface area contributed by atoms with Gasteiger partial charge in [0.15, 0.2) is 9.84 Å². The highest BCUT2D eigenvalue weighted by Gasteiger charge is 2.59. The number of benzene rings is 2. The van der Waals surface area contributed by atoms with Crippen LogP contribution in [0.3, 0.4) is 0 Å². The number of amides is 2. The molecule has 2 amide bonds. The normalized spacial score (nSPS) is 21.0. The third kappa shape index (κ3) is 4.07. The molecule has 6 heteroatoms. The first-order chi connectivity index (χ1) is 12.2. The quantitative estimate of drug-likeness (QED) is 0.843. The maximum Gasteiger partial charge on any atom is 0.319 e. The number of hydrogen-bond donors (Lipinski definition) is 2. The van der Waals surface area contributed by atoms with Crippen LogP contribution in [0, 0.1) is 5.41 Å². The molecule has 0 radical (unpaired) electrons. The van der Waals surface area contributed by atoms with Gasteiger partial charge < -0.3 is 10.6 Å². The Morgan fingerprint density at radius 3 is 2.31 bits per heavy atom. The number of rotatable bonds is 5. The van der Waals surface area contributed by atoms with Crippen LogP contribution in [0.1, 0.15) is 30.9 Å². The molecule has 1 aliphatic rings. The molecule has 2 atom stereocenters. The number of carbonyl (C=O) groups excluding carboxylic acids is 1. The maximum atomic E-state index is 12.5. The summed E-state index contributed by atoms with van der Waals surface area (Å²) < 4.78 is 23.2. The van der Waals surface area contributed by atoms with Gasteiger partial charge >= 0.3 is 6.03 Å². The molecule has 0 spiro atoms. The third-order valence-electron chi connectivity index (χ3n) is 4.96. The molecule has 3 rings (SSSR count). The predicted molar refractivity (Wildman–Crippen MR) is 104 cm³/mol. The Balaban J connectivity index is 1.69. The Labute approximate surface area is 154 Å². The Morgan fingerprint density at radius 1 is 1.04 bits per heavy atom. The summed E-state index contributed by atoms with van der Waals surface area (Å²) in [6, 6.07) is 16.8. The van der Waals surface area contributed by atoms with Gasteiger partial charge in [0, 0.05) is 23.9 Å². The highest BCUT2D eigenvalue weighted by Crippen LogP contribution is 2.58. The summed E-state index contributed by atoms with van der Waals surface area (Å²) in [7, 11) is -3.18. The Morgan fingerprint density at radius 2 is 1.65 bits per heavy atom. The molecule has 0 saturated heterocycles. The zero-order valence-electron chi connectivity index (χ0n) is 15.2. The van der Waals surface area contributed by atoms with E-state index in [0.717, 1.165) is 0 Å². The molecule has 0 bridgehead atoms. The summed E-state index contributed by atoms with van der Waals surface area (Å²) in [5.41, 5.74) is 2.29. The van der Waals surface area contributed by atoms with Crippen LogP contribution >= 0.6 is 0 Å². The Bertz CT molecular complexity index is 908. The molecule has 0 aromatic heterocycles. The maximum absolute atomic E-state index is 12.5. The molecule has 0 heterocycles. The molecular formula is C20H24N2O3S. The summed E-state index contributed by atoms with van der Waals surface area (Å²) in [6.07, 6.45) is 1.18. The predicted octanol–water partition coefficient (Wildman–Crippen LogP) is 3.54. The van der Waals surface area contributed by atoms with Crippen molar-refractivity contribution in [3.63, 3.8) is 0 Å². The van der Waals surface area contributed by atoms with E-state index in [4.69, 9.17) is 0 Å². The average Bonchev–Trinajstić information content (AvgIpc) is 3.09. The fourth-order valence-corrected chi connectivity index (χ4v) is 4.36. The first-order valence-electron chi connectivity index (χ1n) is 8.56. The number of sulfone groups is 1. The van der Waals surface area contributed by atoms with Crippen LogP contribution in [0.25, 0.3) is 0 Å². The molecule has 2 aromatic carbocycles. The molecule has 138 valence electrons. The lowest BCUT2D eigenvalue weighted by atomic mass is 10.0. The van der Waals surface area contributed by atoms with Gasteiger partial charge in [0.25, 0.3) is 0 Å². The van der Waals surface area contributed by atoms with E-state index in [1.54, 1.807) is 24.3 Å². The summed E-state index contributed by atoms with van der Waals surface area (Å²) in [5, 5.41) is 5.83. The van der Waals surface area contributed by atoms with Gasteiger partial charge in [0.2, 0.25) is 0 Å². The second-order valence-electron chi connectivity index (χ2n) is 7.51. The molecule has 5 nitrogen and oxygen atoms in total. The van der Waals surface area contributed by atoms with E-state index in [9.17, 15) is 13.2 Å². The summed E-state index contributed by atoms with van der Waals surface area (Å²) >= 11 is 0. The van der Waals surface area contributed by atoms with Crippen molar-refractivity contribution in [3.8, 4) is 0 Å². The van der Waals surface area contributed by atoms with E-state index < -0.39 is 9.84 Å². The molecular weight excluding hydrogens is 348 g/mol. The molecule has 0 aliphatic heterocycles. The van der Waals surface area contributed by atoms with Gasteiger partial charge in [-0.15, -0.1) is 0 Å². The largest absolute Gasteiger partial charge is 0.334 e. The lowest BCUT2D eigenvalue weighted by Gasteiger charge is -2.12. The van der Waals surface area contributed by atoms with Crippen molar-refractivity contribution in [2.24, 2.45) is 5.41 Å². The smallest absolute Gasteiger partial charge is 0.319 e. The standard InChI is InChI=1S/C20H24N2O3S/c1-20(2)17(14-9-5-4-6-10-14)18(20)22-19(23)21-16-12-8-7-11-15(16)13-26(3,24)25/h4-12,17-18H,13H2,1-3H3,(H2,21,22,23)/t17-,18-/m0/s1. The monoisotopic (exact) mass is 372 g/mol. The lowest BCUT2D eigenvalue weighted by molar-refractivity contribution is 0.250. The van der Waals surface area contributed by atoms with Gasteiger partial charge in [-0.25, -0.2) is 13.2 Å². The van der Waals surface area contributed by atoms with E-state index >= 15 is 0 Å². The number of para-hydroxylation sites is 1. The minimum absolute atomic E-state index is 0.0228. The van der Waals surface area contributed by atoms with Crippen LogP contribution in [-0.4, -0.2) is 26.7 Å². The van der Waals surface area contributed by atoms with E-state index in [1.807, 2.05) is 18.2 Å². The van der Waals surface area contributed by atoms with E-state index in [0.29, 0.717) is 11.3 Å². The number of hydrogen-bond acceptors (Lipinski definition) is 3. The minimum atomic E-state index is -3.18. The second kappa shape index (κ2) is 6.76. The molecule has 2 aromatic rings. The third-order valence-corrected chi connectivity index (χ3v) is 5.79. The highest BCUT2D eigenvalue weighted by atomic mass is 32.2. The van der Waals surface area contributed by atoms with Crippen molar-refractivity contribution in [2.75, 3.05) is 11.6 Å². The van der Waals surface area contributed by atoms with E-state index in [2.05, 4.69) is 36.6 Å². The lowest BCUT2D eigenvalue weighted by Crippen LogP contribution is -2.33. The Hall–Kier alpha value is -2.34. The zero-order valence-corrected chi connectivity index (χ0v) is 16.0. The van der Waals surface area contributed by atoms with Crippen LogP contribution in [-0.2, 0) is 15.6 Å². The molecule has 26 heavy (non-hydrogen) atoms. The van der Waals surface area contributed by atoms with Crippen molar-refractivity contribution >= 4 is 21.6 Å². The average molecular weight is 372 g/mol. The van der Waals surface area contributed by atoms with Crippen LogP contribution in [0.4, 0.5) is 10.5 Å². The topological polar surface area (TPSA) is 75.3 Å². The van der Waals surface area contributed by atoms with E-state index in [-0.39, 0.29) is 29.2 Å². The van der Waals surface area contributed by atoms with Crippen molar-refractivity contribution in [2.45, 2.75) is 31.6 Å². The van der Waals surface area contributed by atoms with Gasteiger partial charge in [0.1, 0.15) is 0 Å². The van der Waals surface area contributed by atoms with Crippen LogP contribution in [0.2, 0.25) is 0 Å². The molecule has 1 aliphatic carbocycles. The van der Waals surface area contributed by atoms with Crippen molar-refractivity contribution in [1.82, 2.24) is 5.32 Å². The van der Waals surface area contributed by atoms with Crippen molar-refractivity contribution in [3.05, 3.63) is 65.7 Å². The summed E-state index contributed by atoms with van der Waals surface area (Å²) in [5.74, 6) is 0.158. The second-order valence-corrected chi connectivity index (χ2v) is 9.65. The molecule has 1 saturated carbocycles. The van der Waals surface area contributed by atoms with Crippen LogP contribution in [0.5, 0.6) is 0 Å². The zero-order chi connectivity index (χ0) is 18.9. The molecule has 1 fully saturated rings. The van der Waals surface area contributed by atoms with Gasteiger partial charge in [-0.2, -0.15) is 0 Å². The Kier molecular flexibility index (Phi) is 4.80. The number of anilines is 1. The van der Waals surface area contributed by atoms with Crippen LogP contribution < -0.4 is 10.6 Å². The number of carbonyl (C=O) groups is 1. The first-order valence-corrected chi connectivity index (χ1v) is 10.6. The highest BCUT2D eigenvalue weighted by molar-refractivity contribution is 7.89. The van der Waals surface area contributed by atoms with Gasteiger partial charge in [-0.1, -0.05) is 62.4 Å². The number of urea groups is 1. The minimum Gasteiger partial charge on any atom is -0.334 e. The summed E-state index contributed by atoms with van der Waals surface area (Å²) in [6.45, 7) is 4.26. The number of nitrogens with one attached hydrogen (secondary N) is 2. The fourth-order valence-electron chi connectivity index (χ4n) is 3.54. The fraction of sp³-hybridized carbons (Fsp3) is 0.350.